The number of rotatable bonds is 5. The molecule has 0 radical (unpaired) electrons. The molecular formula is C16H17ClFNO. The van der Waals surface area contributed by atoms with Crippen LogP contribution in [0.1, 0.15) is 18.1 Å². The molecule has 0 saturated heterocycles. The van der Waals surface area contributed by atoms with Crippen LogP contribution in [0.2, 0.25) is 5.02 Å². The van der Waals surface area contributed by atoms with Crippen molar-refractivity contribution in [1.29, 1.82) is 0 Å². The van der Waals surface area contributed by atoms with Crippen molar-refractivity contribution in [2.75, 3.05) is 6.61 Å². The van der Waals surface area contributed by atoms with E-state index < -0.39 is 11.4 Å². The van der Waals surface area contributed by atoms with Gasteiger partial charge >= 0.3 is 0 Å². The number of aliphatic hydroxyl groups is 1. The van der Waals surface area contributed by atoms with Gasteiger partial charge in [0.25, 0.3) is 0 Å². The first kappa shape index (κ1) is 15.0. The van der Waals surface area contributed by atoms with Crippen LogP contribution in [0.3, 0.4) is 0 Å². The van der Waals surface area contributed by atoms with E-state index >= 15 is 0 Å². The van der Waals surface area contributed by atoms with Gasteiger partial charge in [-0.15, -0.1) is 0 Å². The molecular weight excluding hydrogens is 277 g/mol. The minimum atomic E-state index is -0.572. The van der Waals surface area contributed by atoms with Crippen molar-refractivity contribution in [2.24, 2.45) is 0 Å². The normalized spacial score (nSPS) is 14.0. The topological polar surface area (TPSA) is 32.3 Å². The van der Waals surface area contributed by atoms with Gasteiger partial charge in [-0.2, -0.15) is 0 Å². The van der Waals surface area contributed by atoms with Gasteiger partial charge in [0, 0.05) is 6.54 Å². The van der Waals surface area contributed by atoms with Crippen molar-refractivity contribution in [2.45, 2.75) is 19.0 Å². The second-order valence-corrected chi connectivity index (χ2v) is 5.37. The fraction of sp³-hybridized carbons (Fsp3) is 0.250. The molecule has 2 rings (SSSR count). The Hall–Kier alpha value is -1.42. The highest BCUT2D eigenvalue weighted by molar-refractivity contribution is 6.30. The van der Waals surface area contributed by atoms with Gasteiger partial charge in [-0.3, -0.25) is 0 Å². The lowest BCUT2D eigenvalue weighted by molar-refractivity contribution is 0.173. The number of nitrogens with one attached hydrogen (secondary N) is 1. The zero-order chi connectivity index (χ0) is 14.6. The molecule has 0 amide bonds. The smallest absolute Gasteiger partial charge is 0.142 e. The first-order chi connectivity index (χ1) is 9.55. The van der Waals surface area contributed by atoms with Crippen LogP contribution in [0.5, 0.6) is 0 Å². The van der Waals surface area contributed by atoms with Gasteiger partial charge in [-0.1, -0.05) is 48.0 Å². The van der Waals surface area contributed by atoms with Crippen LogP contribution in [0.4, 0.5) is 4.39 Å². The summed E-state index contributed by atoms with van der Waals surface area (Å²) in [5.41, 5.74) is 1.19. The van der Waals surface area contributed by atoms with Gasteiger partial charge in [0.1, 0.15) is 5.82 Å². The van der Waals surface area contributed by atoms with Crippen LogP contribution >= 0.6 is 11.6 Å². The van der Waals surface area contributed by atoms with Crippen molar-refractivity contribution in [3.8, 4) is 0 Å². The predicted molar refractivity (Wildman–Crippen MR) is 79.1 cm³/mol. The fourth-order valence-electron chi connectivity index (χ4n) is 2.00. The van der Waals surface area contributed by atoms with E-state index in [1.54, 1.807) is 6.07 Å². The minimum Gasteiger partial charge on any atom is -0.394 e. The predicted octanol–water partition coefficient (Wildman–Crippen LogP) is 3.48. The summed E-state index contributed by atoms with van der Waals surface area (Å²) in [4.78, 5) is 0. The Balaban J connectivity index is 2.13. The lowest BCUT2D eigenvalue weighted by atomic mass is 9.92. The second-order valence-electron chi connectivity index (χ2n) is 4.96. The molecule has 1 unspecified atom stereocenters. The zero-order valence-electron chi connectivity index (χ0n) is 11.2. The molecule has 0 heterocycles. The minimum absolute atomic E-state index is 0.0485. The SMILES string of the molecule is CC(CO)(NCc1ccc(Cl)c(F)c1)c1ccccc1. The molecule has 2 aromatic rings. The Kier molecular flexibility index (Phi) is 4.76. The molecule has 2 aromatic carbocycles. The van der Waals surface area contributed by atoms with Crippen LogP contribution in [-0.2, 0) is 12.1 Å². The molecule has 1 atom stereocenters. The van der Waals surface area contributed by atoms with E-state index in [0.29, 0.717) is 6.54 Å². The highest BCUT2D eigenvalue weighted by atomic mass is 35.5. The van der Waals surface area contributed by atoms with Gasteiger partial charge < -0.3 is 10.4 Å². The Morgan fingerprint density at radius 3 is 2.50 bits per heavy atom. The third-order valence-corrected chi connectivity index (χ3v) is 3.70. The molecule has 0 aromatic heterocycles. The largest absolute Gasteiger partial charge is 0.394 e. The van der Waals surface area contributed by atoms with E-state index in [9.17, 15) is 9.50 Å². The van der Waals surface area contributed by atoms with Crippen LogP contribution in [0.15, 0.2) is 48.5 Å². The monoisotopic (exact) mass is 293 g/mol. The molecule has 0 aliphatic carbocycles. The molecule has 2 nitrogen and oxygen atoms in total. The fourth-order valence-corrected chi connectivity index (χ4v) is 2.12. The standard InChI is InChI=1S/C16H17ClFNO/c1-16(11-20,13-5-3-2-4-6-13)19-10-12-7-8-14(17)15(18)9-12/h2-9,19-20H,10-11H2,1H3. The summed E-state index contributed by atoms with van der Waals surface area (Å²) in [5.74, 6) is -0.434. The van der Waals surface area contributed by atoms with Crippen LogP contribution in [-0.4, -0.2) is 11.7 Å². The van der Waals surface area contributed by atoms with E-state index in [0.717, 1.165) is 11.1 Å². The zero-order valence-corrected chi connectivity index (χ0v) is 12.0. The first-order valence-electron chi connectivity index (χ1n) is 6.40. The molecule has 4 heteroatoms. The highest BCUT2D eigenvalue weighted by Gasteiger charge is 2.24. The average molecular weight is 294 g/mol. The third-order valence-electron chi connectivity index (χ3n) is 3.39. The van der Waals surface area contributed by atoms with Crippen LogP contribution < -0.4 is 5.32 Å². The maximum atomic E-state index is 13.4. The molecule has 0 spiro atoms. The molecule has 0 aliphatic heterocycles. The summed E-state index contributed by atoms with van der Waals surface area (Å²) in [7, 11) is 0. The Morgan fingerprint density at radius 1 is 1.20 bits per heavy atom. The van der Waals surface area contributed by atoms with E-state index in [4.69, 9.17) is 11.6 Å². The van der Waals surface area contributed by atoms with E-state index in [1.165, 1.54) is 12.1 Å². The molecule has 0 aliphatic rings. The van der Waals surface area contributed by atoms with Gasteiger partial charge in [-0.05, 0) is 30.2 Å². The number of halogens is 2. The number of hydrogen-bond acceptors (Lipinski definition) is 2. The summed E-state index contributed by atoms with van der Waals surface area (Å²) in [6, 6.07) is 14.4. The number of benzene rings is 2. The van der Waals surface area contributed by atoms with Gasteiger partial charge in [-0.25, -0.2) is 4.39 Å². The average Bonchev–Trinajstić information content (AvgIpc) is 2.49. The molecule has 106 valence electrons. The van der Waals surface area contributed by atoms with E-state index in [2.05, 4.69) is 5.32 Å². The highest BCUT2D eigenvalue weighted by Crippen LogP contribution is 2.21. The van der Waals surface area contributed by atoms with E-state index in [1.807, 2.05) is 37.3 Å². The van der Waals surface area contributed by atoms with Crippen molar-refractivity contribution in [3.63, 3.8) is 0 Å². The van der Waals surface area contributed by atoms with E-state index in [-0.39, 0.29) is 11.6 Å². The van der Waals surface area contributed by atoms with Crippen molar-refractivity contribution >= 4 is 11.6 Å². The Labute approximate surface area is 123 Å². The molecule has 0 fully saturated rings. The Bertz CT molecular complexity index is 576. The lowest BCUT2D eigenvalue weighted by Gasteiger charge is -2.29. The van der Waals surface area contributed by atoms with Crippen LogP contribution in [0, 0.1) is 5.82 Å². The summed E-state index contributed by atoms with van der Waals surface area (Å²) in [6.07, 6.45) is 0. The van der Waals surface area contributed by atoms with Gasteiger partial charge in [0.15, 0.2) is 0 Å². The summed E-state index contributed by atoms with van der Waals surface area (Å²) in [6.45, 7) is 2.31. The summed E-state index contributed by atoms with van der Waals surface area (Å²) < 4.78 is 13.4. The second kappa shape index (κ2) is 6.35. The Morgan fingerprint density at radius 2 is 1.90 bits per heavy atom. The quantitative estimate of drug-likeness (QED) is 0.885. The van der Waals surface area contributed by atoms with Crippen molar-refractivity contribution < 1.29 is 9.50 Å². The van der Waals surface area contributed by atoms with Crippen molar-refractivity contribution in [3.05, 3.63) is 70.5 Å². The maximum absolute atomic E-state index is 13.4. The maximum Gasteiger partial charge on any atom is 0.142 e. The van der Waals surface area contributed by atoms with Crippen molar-refractivity contribution in [1.82, 2.24) is 5.32 Å². The van der Waals surface area contributed by atoms with Gasteiger partial charge in [0.2, 0.25) is 0 Å². The first-order valence-corrected chi connectivity index (χ1v) is 6.78. The number of hydrogen-bond donors (Lipinski definition) is 2. The van der Waals surface area contributed by atoms with Gasteiger partial charge in [0.05, 0.1) is 17.2 Å². The molecule has 0 bridgehead atoms. The number of aliphatic hydroxyl groups excluding tert-OH is 1. The molecule has 20 heavy (non-hydrogen) atoms. The summed E-state index contributed by atoms with van der Waals surface area (Å²) in [5, 5.41) is 13.0. The lowest BCUT2D eigenvalue weighted by Crippen LogP contribution is -2.42. The summed E-state index contributed by atoms with van der Waals surface area (Å²) >= 11 is 5.66. The molecule has 2 N–H and O–H groups in total. The molecule has 0 saturated carbocycles. The third kappa shape index (κ3) is 3.37. The van der Waals surface area contributed by atoms with Crippen LogP contribution in [0.25, 0.3) is 0 Å².